The zero-order valence-corrected chi connectivity index (χ0v) is 10.5. The summed E-state index contributed by atoms with van der Waals surface area (Å²) < 4.78 is 5.65. The van der Waals surface area contributed by atoms with Crippen molar-refractivity contribution in [3.05, 3.63) is 29.8 Å². The molecule has 2 N–H and O–H groups in total. The van der Waals surface area contributed by atoms with Crippen LogP contribution in [0.3, 0.4) is 0 Å². The number of para-hydroxylation sites is 1. The molecule has 2 atom stereocenters. The molecule has 88 valence electrons. The van der Waals surface area contributed by atoms with Gasteiger partial charge < -0.3 is 10.5 Å². The van der Waals surface area contributed by atoms with E-state index in [1.165, 1.54) is 5.56 Å². The van der Waals surface area contributed by atoms with Gasteiger partial charge in [0.2, 0.25) is 0 Å². The maximum Gasteiger partial charge on any atom is 0.122 e. The molecular weight excluding hydrogens is 218 g/mol. The molecule has 0 fully saturated rings. The van der Waals surface area contributed by atoms with Gasteiger partial charge in [0.1, 0.15) is 5.75 Å². The predicted molar refractivity (Wildman–Crippen MR) is 70.3 cm³/mol. The fourth-order valence-electron chi connectivity index (χ4n) is 1.94. The predicted octanol–water partition coefficient (Wildman–Crippen LogP) is 2.63. The quantitative estimate of drug-likeness (QED) is 0.874. The summed E-state index contributed by atoms with van der Waals surface area (Å²) in [7, 11) is 0. The molecule has 1 aliphatic heterocycles. The molecule has 0 amide bonds. The molecule has 3 heteroatoms. The van der Waals surface area contributed by atoms with E-state index in [-0.39, 0.29) is 0 Å². The van der Waals surface area contributed by atoms with Crippen molar-refractivity contribution in [2.45, 2.75) is 24.5 Å². The van der Waals surface area contributed by atoms with Gasteiger partial charge in [-0.1, -0.05) is 25.1 Å². The normalized spacial score (nSPS) is 21.0. The Labute approximate surface area is 102 Å². The molecule has 0 aromatic heterocycles. The van der Waals surface area contributed by atoms with Crippen LogP contribution in [-0.4, -0.2) is 24.2 Å². The topological polar surface area (TPSA) is 35.2 Å². The van der Waals surface area contributed by atoms with Crippen LogP contribution in [-0.2, 0) is 0 Å². The van der Waals surface area contributed by atoms with Crippen LogP contribution < -0.4 is 10.5 Å². The van der Waals surface area contributed by atoms with E-state index in [0.717, 1.165) is 31.1 Å². The van der Waals surface area contributed by atoms with Gasteiger partial charge in [0, 0.05) is 17.5 Å². The van der Waals surface area contributed by atoms with Gasteiger partial charge in [0.05, 0.1) is 6.61 Å². The van der Waals surface area contributed by atoms with E-state index < -0.39 is 0 Å². The van der Waals surface area contributed by atoms with Crippen molar-refractivity contribution < 1.29 is 4.74 Å². The summed E-state index contributed by atoms with van der Waals surface area (Å²) in [5.41, 5.74) is 7.00. The summed E-state index contributed by atoms with van der Waals surface area (Å²) in [6, 6.07) is 8.39. The largest absolute Gasteiger partial charge is 0.493 e. The first-order chi connectivity index (χ1) is 7.81. The Balaban J connectivity index is 2.01. The van der Waals surface area contributed by atoms with Crippen molar-refractivity contribution >= 4 is 11.8 Å². The van der Waals surface area contributed by atoms with Crippen molar-refractivity contribution in [3.8, 4) is 5.75 Å². The lowest BCUT2D eigenvalue weighted by molar-refractivity contribution is 0.273. The zero-order chi connectivity index (χ0) is 11.4. The Kier molecular flexibility index (Phi) is 4.13. The first-order valence-electron chi connectivity index (χ1n) is 5.84. The Hall–Kier alpha value is -0.670. The SMILES string of the molecule is CC(CN)SCC1CCOc2ccccc21. The highest BCUT2D eigenvalue weighted by Crippen LogP contribution is 2.35. The number of fused-ring (bicyclic) bond motifs is 1. The molecule has 2 rings (SSSR count). The molecule has 2 nitrogen and oxygen atoms in total. The number of hydrogen-bond acceptors (Lipinski definition) is 3. The highest BCUT2D eigenvalue weighted by Gasteiger charge is 2.21. The van der Waals surface area contributed by atoms with Crippen LogP contribution in [0.2, 0.25) is 0 Å². The average molecular weight is 237 g/mol. The second-order valence-electron chi connectivity index (χ2n) is 4.25. The molecule has 1 aliphatic rings. The molecular formula is C13H19NOS. The first kappa shape index (κ1) is 11.8. The number of thioether (sulfide) groups is 1. The lowest BCUT2D eigenvalue weighted by atomic mass is 9.95. The highest BCUT2D eigenvalue weighted by molar-refractivity contribution is 7.99. The average Bonchev–Trinajstić information content (AvgIpc) is 2.35. The van der Waals surface area contributed by atoms with Gasteiger partial charge in [-0.2, -0.15) is 11.8 Å². The van der Waals surface area contributed by atoms with Gasteiger partial charge in [-0.3, -0.25) is 0 Å². The van der Waals surface area contributed by atoms with E-state index in [1.807, 2.05) is 17.8 Å². The monoisotopic (exact) mass is 237 g/mol. The third-order valence-corrected chi connectivity index (χ3v) is 4.35. The fraction of sp³-hybridized carbons (Fsp3) is 0.538. The molecule has 2 unspecified atom stereocenters. The van der Waals surface area contributed by atoms with Crippen LogP contribution in [0.25, 0.3) is 0 Å². The highest BCUT2D eigenvalue weighted by atomic mass is 32.2. The van der Waals surface area contributed by atoms with Crippen molar-refractivity contribution in [3.63, 3.8) is 0 Å². The van der Waals surface area contributed by atoms with Crippen LogP contribution in [0, 0.1) is 0 Å². The summed E-state index contributed by atoms with van der Waals surface area (Å²) in [4.78, 5) is 0. The number of benzene rings is 1. The number of hydrogen-bond donors (Lipinski definition) is 1. The molecule has 16 heavy (non-hydrogen) atoms. The molecule has 0 saturated carbocycles. The number of nitrogens with two attached hydrogens (primary N) is 1. The molecule has 0 saturated heterocycles. The Bertz CT molecular complexity index is 342. The van der Waals surface area contributed by atoms with Crippen molar-refractivity contribution in [1.29, 1.82) is 0 Å². The Morgan fingerprint density at radius 1 is 1.50 bits per heavy atom. The summed E-state index contributed by atoms with van der Waals surface area (Å²) in [5, 5.41) is 0.551. The maximum absolute atomic E-state index is 5.65. The van der Waals surface area contributed by atoms with Crippen LogP contribution in [0.15, 0.2) is 24.3 Å². The second kappa shape index (κ2) is 5.60. The lowest BCUT2D eigenvalue weighted by Crippen LogP contribution is -2.19. The fourth-order valence-corrected chi connectivity index (χ4v) is 2.98. The van der Waals surface area contributed by atoms with Crippen LogP contribution >= 0.6 is 11.8 Å². The molecule has 1 aromatic carbocycles. The minimum atomic E-state index is 0.551. The number of ether oxygens (including phenoxy) is 1. The van der Waals surface area contributed by atoms with Crippen LogP contribution in [0.5, 0.6) is 5.75 Å². The van der Waals surface area contributed by atoms with Crippen molar-refractivity contribution in [2.24, 2.45) is 5.73 Å². The third-order valence-electron chi connectivity index (χ3n) is 3.00. The van der Waals surface area contributed by atoms with Crippen LogP contribution in [0.1, 0.15) is 24.8 Å². The first-order valence-corrected chi connectivity index (χ1v) is 6.89. The minimum Gasteiger partial charge on any atom is -0.493 e. The van der Waals surface area contributed by atoms with Crippen molar-refractivity contribution in [1.82, 2.24) is 0 Å². The second-order valence-corrected chi connectivity index (χ2v) is 5.72. The maximum atomic E-state index is 5.65. The molecule has 0 bridgehead atoms. The minimum absolute atomic E-state index is 0.551. The smallest absolute Gasteiger partial charge is 0.122 e. The van der Waals surface area contributed by atoms with E-state index in [9.17, 15) is 0 Å². The van der Waals surface area contributed by atoms with E-state index in [1.54, 1.807) is 0 Å². The molecule has 1 aromatic rings. The van der Waals surface area contributed by atoms with Gasteiger partial charge in [0.15, 0.2) is 0 Å². The Morgan fingerprint density at radius 2 is 2.31 bits per heavy atom. The van der Waals surface area contributed by atoms with E-state index >= 15 is 0 Å². The summed E-state index contributed by atoms with van der Waals surface area (Å²) in [6.07, 6.45) is 1.13. The van der Waals surface area contributed by atoms with E-state index in [2.05, 4.69) is 25.1 Å². The van der Waals surface area contributed by atoms with Gasteiger partial charge in [0.25, 0.3) is 0 Å². The molecule has 0 aliphatic carbocycles. The number of rotatable bonds is 4. The summed E-state index contributed by atoms with van der Waals surface area (Å²) in [6.45, 7) is 3.80. The van der Waals surface area contributed by atoms with Gasteiger partial charge in [-0.25, -0.2) is 0 Å². The summed E-state index contributed by atoms with van der Waals surface area (Å²) in [5.74, 6) is 2.85. The van der Waals surface area contributed by atoms with Gasteiger partial charge in [-0.15, -0.1) is 0 Å². The molecule has 0 radical (unpaired) electrons. The standard InChI is InChI=1S/C13H19NOS/c1-10(8-14)16-9-11-6-7-15-13-5-3-2-4-12(11)13/h2-5,10-11H,6-9,14H2,1H3. The molecule has 0 spiro atoms. The van der Waals surface area contributed by atoms with Crippen molar-refractivity contribution in [2.75, 3.05) is 18.9 Å². The van der Waals surface area contributed by atoms with Gasteiger partial charge in [-0.05, 0) is 24.0 Å². The lowest BCUT2D eigenvalue weighted by Gasteiger charge is -2.26. The summed E-state index contributed by atoms with van der Waals surface area (Å²) >= 11 is 1.97. The molecule has 1 heterocycles. The zero-order valence-electron chi connectivity index (χ0n) is 9.69. The van der Waals surface area contributed by atoms with Crippen LogP contribution in [0.4, 0.5) is 0 Å². The van der Waals surface area contributed by atoms with E-state index in [4.69, 9.17) is 10.5 Å². The van der Waals surface area contributed by atoms with Gasteiger partial charge >= 0.3 is 0 Å². The third kappa shape index (κ3) is 2.71. The van der Waals surface area contributed by atoms with E-state index in [0.29, 0.717) is 11.2 Å². The Morgan fingerprint density at radius 3 is 3.12 bits per heavy atom.